The molecule has 0 aliphatic carbocycles. The number of ether oxygens (including phenoxy) is 1. The van der Waals surface area contributed by atoms with E-state index < -0.39 is 11.6 Å². The fourth-order valence-electron chi connectivity index (χ4n) is 5.34. The first-order valence-corrected chi connectivity index (χ1v) is 13.3. The van der Waals surface area contributed by atoms with Crippen molar-refractivity contribution < 1.29 is 13.5 Å². The number of rotatable bonds is 6. The number of morpholine rings is 1. The number of nitrogens with zero attached hydrogens (tertiary/aromatic N) is 6. The Morgan fingerprint density at radius 2 is 1.74 bits per heavy atom. The molecular weight excluding hydrogens is 502 g/mol. The SMILES string of the molecule is C[C@@H]1CN(c2ccc(Nc3ncc4ccn(-c5cc(F)c(CN6CCOCC6)c(F)c5)c4n3)cn2)C[C@H](C)N1. The minimum atomic E-state index is -0.579. The highest BCUT2D eigenvalue weighted by molar-refractivity contribution is 5.78. The molecule has 0 radical (unpaired) electrons. The largest absolute Gasteiger partial charge is 0.379 e. The number of nitrogens with one attached hydrogen (secondary N) is 2. The second-order valence-corrected chi connectivity index (χ2v) is 10.3. The molecule has 2 atom stereocenters. The Morgan fingerprint density at radius 1 is 1.00 bits per heavy atom. The van der Waals surface area contributed by atoms with Crippen LogP contribution in [0.3, 0.4) is 0 Å². The van der Waals surface area contributed by atoms with Gasteiger partial charge in [0.15, 0.2) is 0 Å². The Hall–Kier alpha value is -3.67. The van der Waals surface area contributed by atoms with E-state index in [9.17, 15) is 0 Å². The van der Waals surface area contributed by atoms with Gasteiger partial charge < -0.3 is 24.8 Å². The molecule has 39 heavy (non-hydrogen) atoms. The van der Waals surface area contributed by atoms with E-state index in [1.54, 1.807) is 23.2 Å². The molecule has 9 nitrogen and oxygen atoms in total. The van der Waals surface area contributed by atoms with E-state index in [2.05, 4.69) is 44.3 Å². The highest BCUT2D eigenvalue weighted by Gasteiger charge is 2.22. The summed E-state index contributed by atoms with van der Waals surface area (Å²) in [4.78, 5) is 18.0. The second-order valence-electron chi connectivity index (χ2n) is 10.3. The fourth-order valence-corrected chi connectivity index (χ4v) is 5.34. The van der Waals surface area contributed by atoms with Crippen LogP contribution in [0.4, 0.5) is 26.2 Å². The number of hydrogen-bond donors (Lipinski definition) is 2. The number of pyridine rings is 1. The third-order valence-electron chi connectivity index (χ3n) is 7.20. The molecule has 204 valence electrons. The van der Waals surface area contributed by atoms with Crippen molar-refractivity contribution >= 4 is 28.5 Å². The minimum absolute atomic E-state index is 0.0646. The van der Waals surface area contributed by atoms with Crippen LogP contribution in [0.2, 0.25) is 0 Å². The summed E-state index contributed by atoms with van der Waals surface area (Å²) in [6.45, 7) is 8.80. The first-order valence-electron chi connectivity index (χ1n) is 13.3. The Morgan fingerprint density at radius 3 is 2.44 bits per heavy atom. The predicted octanol–water partition coefficient (Wildman–Crippen LogP) is 3.86. The summed E-state index contributed by atoms with van der Waals surface area (Å²) in [7, 11) is 0. The summed E-state index contributed by atoms with van der Waals surface area (Å²) in [6.07, 6.45) is 5.19. The quantitative estimate of drug-likeness (QED) is 0.386. The monoisotopic (exact) mass is 534 g/mol. The van der Waals surface area contributed by atoms with E-state index in [-0.39, 0.29) is 12.1 Å². The number of fused-ring (bicyclic) bond motifs is 1. The molecule has 0 bridgehead atoms. The predicted molar refractivity (Wildman–Crippen MR) is 147 cm³/mol. The number of halogens is 2. The van der Waals surface area contributed by atoms with Crippen LogP contribution in [0.1, 0.15) is 19.4 Å². The molecule has 6 rings (SSSR count). The van der Waals surface area contributed by atoms with Crippen molar-refractivity contribution in [3.63, 3.8) is 0 Å². The van der Waals surface area contributed by atoms with Crippen molar-refractivity contribution in [3.05, 3.63) is 66.1 Å². The van der Waals surface area contributed by atoms with E-state index in [1.165, 1.54) is 12.1 Å². The van der Waals surface area contributed by atoms with Crippen molar-refractivity contribution in [3.8, 4) is 5.69 Å². The van der Waals surface area contributed by atoms with Gasteiger partial charge >= 0.3 is 0 Å². The molecule has 2 fully saturated rings. The van der Waals surface area contributed by atoms with Gasteiger partial charge in [0.2, 0.25) is 5.95 Å². The zero-order valence-electron chi connectivity index (χ0n) is 22.1. The van der Waals surface area contributed by atoms with Gasteiger partial charge in [-0.3, -0.25) is 4.90 Å². The number of piperazine rings is 1. The van der Waals surface area contributed by atoms with Crippen LogP contribution >= 0.6 is 0 Å². The summed E-state index contributed by atoms with van der Waals surface area (Å²) < 4.78 is 37.1. The molecule has 2 aliphatic rings. The number of hydrogen-bond acceptors (Lipinski definition) is 8. The molecular formula is C28H32F2N8O. The van der Waals surface area contributed by atoms with Gasteiger partial charge in [0.05, 0.1) is 30.8 Å². The van der Waals surface area contributed by atoms with E-state index in [0.717, 1.165) is 30.0 Å². The highest BCUT2D eigenvalue weighted by atomic mass is 19.1. The summed E-state index contributed by atoms with van der Waals surface area (Å²) in [6, 6.07) is 9.26. The standard InChI is InChI=1S/C28H32F2N8O/c1-18-15-37(16-19(2)33-18)26-4-3-21(14-31-26)34-28-32-13-20-5-6-38(27(20)35-28)22-11-24(29)23(25(30)12-22)17-36-7-9-39-10-8-36/h3-6,11-14,18-19,33H,7-10,15-17H2,1-2H3,(H,32,34,35)/t18-,19+. The van der Waals surface area contributed by atoms with Crippen LogP contribution in [0.5, 0.6) is 0 Å². The molecule has 0 saturated carbocycles. The zero-order chi connectivity index (χ0) is 26.9. The molecule has 0 unspecified atom stereocenters. The van der Waals surface area contributed by atoms with Crippen molar-refractivity contribution in [2.45, 2.75) is 32.5 Å². The van der Waals surface area contributed by atoms with Crippen molar-refractivity contribution in [1.29, 1.82) is 0 Å². The minimum Gasteiger partial charge on any atom is -0.379 e. The van der Waals surface area contributed by atoms with Crippen LogP contribution in [-0.2, 0) is 11.3 Å². The maximum absolute atomic E-state index is 15.1. The van der Waals surface area contributed by atoms with Crippen molar-refractivity contribution in [1.82, 2.24) is 29.7 Å². The molecule has 2 N–H and O–H groups in total. The smallest absolute Gasteiger partial charge is 0.229 e. The highest BCUT2D eigenvalue weighted by Crippen LogP contribution is 2.25. The van der Waals surface area contributed by atoms with Gasteiger partial charge in [-0.15, -0.1) is 0 Å². The molecule has 3 aromatic heterocycles. The number of anilines is 3. The van der Waals surface area contributed by atoms with Gasteiger partial charge in [0.1, 0.15) is 23.1 Å². The van der Waals surface area contributed by atoms with E-state index in [0.29, 0.717) is 55.7 Å². The second kappa shape index (κ2) is 10.8. The summed E-state index contributed by atoms with van der Waals surface area (Å²) in [5, 5.41) is 7.48. The molecule has 0 amide bonds. The van der Waals surface area contributed by atoms with Crippen LogP contribution in [0, 0.1) is 11.6 Å². The zero-order valence-corrected chi connectivity index (χ0v) is 22.1. The molecule has 5 heterocycles. The van der Waals surface area contributed by atoms with Crippen LogP contribution in [-0.4, -0.2) is 75.9 Å². The lowest BCUT2D eigenvalue weighted by atomic mass is 10.1. The molecule has 4 aromatic rings. The Bertz CT molecular complexity index is 1420. The Kier molecular flexibility index (Phi) is 7.11. The molecule has 1 aromatic carbocycles. The Balaban J connectivity index is 1.21. The lowest BCUT2D eigenvalue weighted by molar-refractivity contribution is 0.0332. The molecule has 11 heteroatoms. The topological polar surface area (TPSA) is 83.4 Å². The van der Waals surface area contributed by atoms with Crippen LogP contribution in [0.15, 0.2) is 48.9 Å². The lowest BCUT2D eigenvalue weighted by Crippen LogP contribution is -2.54. The summed E-state index contributed by atoms with van der Waals surface area (Å²) >= 11 is 0. The maximum Gasteiger partial charge on any atom is 0.229 e. The average Bonchev–Trinajstić information content (AvgIpc) is 3.34. The van der Waals surface area contributed by atoms with Gasteiger partial charge in [-0.25, -0.2) is 18.7 Å². The summed E-state index contributed by atoms with van der Waals surface area (Å²) in [5.41, 5.74) is 1.72. The van der Waals surface area contributed by atoms with Gasteiger partial charge in [0.25, 0.3) is 0 Å². The van der Waals surface area contributed by atoms with Crippen LogP contribution in [0.25, 0.3) is 16.7 Å². The Labute approximate surface area is 225 Å². The number of benzene rings is 1. The molecule has 0 spiro atoms. The van der Waals surface area contributed by atoms with Gasteiger partial charge in [-0.05, 0) is 44.2 Å². The van der Waals surface area contributed by atoms with Crippen molar-refractivity contribution in [2.24, 2.45) is 0 Å². The van der Waals surface area contributed by atoms with Crippen LogP contribution < -0.4 is 15.5 Å². The fraction of sp³-hybridized carbons (Fsp3) is 0.393. The first kappa shape index (κ1) is 25.6. The van der Waals surface area contributed by atoms with E-state index in [4.69, 9.17) is 4.74 Å². The van der Waals surface area contributed by atoms with Gasteiger partial charge in [0, 0.05) is 68.2 Å². The third kappa shape index (κ3) is 5.56. The average molecular weight is 535 g/mol. The third-order valence-corrected chi connectivity index (χ3v) is 7.20. The summed E-state index contributed by atoms with van der Waals surface area (Å²) in [5.74, 6) is 0.133. The van der Waals surface area contributed by atoms with E-state index in [1.807, 2.05) is 23.1 Å². The lowest BCUT2D eigenvalue weighted by Gasteiger charge is -2.36. The normalized spacial score (nSPS) is 20.5. The van der Waals surface area contributed by atoms with E-state index >= 15 is 8.78 Å². The first-order chi connectivity index (χ1) is 18.9. The molecule has 2 saturated heterocycles. The van der Waals surface area contributed by atoms with Crippen molar-refractivity contribution in [2.75, 3.05) is 49.6 Å². The van der Waals surface area contributed by atoms with Gasteiger partial charge in [-0.1, -0.05) is 0 Å². The number of aromatic nitrogens is 4. The maximum atomic E-state index is 15.1. The van der Waals surface area contributed by atoms with Gasteiger partial charge in [-0.2, -0.15) is 4.98 Å². The molecule has 2 aliphatic heterocycles.